The fourth-order valence-corrected chi connectivity index (χ4v) is 1.32. The van der Waals surface area contributed by atoms with Crippen molar-refractivity contribution in [1.29, 1.82) is 0 Å². The van der Waals surface area contributed by atoms with E-state index in [0.717, 1.165) is 6.54 Å². The molecular weight excluding hydrogens is 206 g/mol. The van der Waals surface area contributed by atoms with Crippen LogP contribution in [-0.2, 0) is 6.54 Å². The lowest BCUT2D eigenvalue weighted by molar-refractivity contribution is 0.0694. The molecule has 1 rings (SSSR count). The highest BCUT2D eigenvalue weighted by molar-refractivity contribution is 5.88. The van der Waals surface area contributed by atoms with Gasteiger partial charge < -0.3 is 14.8 Å². The molecule has 0 fully saturated rings. The molecule has 1 aromatic rings. The Bertz CT molecular complexity index is 344. The SMILES string of the molecule is CC(C)C(C)CNCc1occc1C(=O)O. The van der Waals surface area contributed by atoms with E-state index in [1.165, 1.54) is 12.3 Å². The molecule has 0 bridgehead atoms. The Labute approximate surface area is 95.7 Å². The van der Waals surface area contributed by atoms with E-state index >= 15 is 0 Å². The first kappa shape index (κ1) is 12.8. The minimum absolute atomic E-state index is 0.240. The van der Waals surface area contributed by atoms with Gasteiger partial charge in [0.25, 0.3) is 0 Å². The molecule has 0 aliphatic rings. The second kappa shape index (κ2) is 5.70. The molecule has 0 aliphatic heterocycles. The normalized spacial score (nSPS) is 13.0. The van der Waals surface area contributed by atoms with E-state index in [4.69, 9.17) is 9.52 Å². The summed E-state index contributed by atoms with van der Waals surface area (Å²) >= 11 is 0. The van der Waals surface area contributed by atoms with Gasteiger partial charge in [0.1, 0.15) is 11.3 Å². The molecule has 0 radical (unpaired) electrons. The number of aromatic carboxylic acids is 1. The van der Waals surface area contributed by atoms with Crippen LogP contribution < -0.4 is 5.32 Å². The van der Waals surface area contributed by atoms with Crippen molar-refractivity contribution in [3.8, 4) is 0 Å². The number of rotatable bonds is 6. The molecule has 0 saturated carbocycles. The zero-order chi connectivity index (χ0) is 12.1. The molecule has 16 heavy (non-hydrogen) atoms. The van der Waals surface area contributed by atoms with Crippen LogP contribution in [0.5, 0.6) is 0 Å². The Morgan fingerprint density at radius 2 is 2.19 bits per heavy atom. The van der Waals surface area contributed by atoms with E-state index in [1.54, 1.807) is 0 Å². The third-order valence-corrected chi connectivity index (χ3v) is 2.87. The number of carboxylic acids is 1. The van der Waals surface area contributed by atoms with Gasteiger partial charge in [0.2, 0.25) is 0 Å². The molecule has 1 unspecified atom stereocenters. The molecule has 1 aromatic heterocycles. The topological polar surface area (TPSA) is 62.5 Å². The maximum Gasteiger partial charge on any atom is 0.339 e. The van der Waals surface area contributed by atoms with Gasteiger partial charge >= 0.3 is 5.97 Å². The zero-order valence-electron chi connectivity index (χ0n) is 9.99. The highest BCUT2D eigenvalue weighted by atomic mass is 16.4. The van der Waals surface area contributed by atoms with E-state index in [0.29, 0.717) is 24.1 Å². The van der Waals surface area contributed by atoms with Crippen LogP contribution in [0.2, 0.25) is 0 Å². The van der Waals surface area contributed by atoms with Crippen LogP contribution >= 0.6 is 0 Å². The van der Waals surface area contributed by atoms with Gasteiger partial charge in [0.05, 0.1) is 12.8 Å². The summed E-state index contributed by atoms with van der Waals surface area (Å²) in [6.07, 6.45) is 1.41. The summed E-state index contributed by atoms with van der Waals surface area (Å²) in [5.41, 5.74) is 0.240. The first-order valence-electron chi connectivity index (χ1n) is 5.52. The predicted molar refractivity (Wildman–Crippen MR) is 61.4 cm³/mol. The van der Waals surface area contributed by atoms with Crippen molar-refractivity contribution in [2.75, 3.05) is 6.54 Å². The van der Waals surface area contributed by atoms with E-state index in [9.17, 15) is 4.79 Å². The van der Waals surface area contributed by atoms with Crippen LogP contribution in [0, 0.1) is 11.8 Å². The molecule has 0 saturated heterocycles. The van der Waals surface area contributed by atoms with Crippen molar-refractivity contribution in [3.05, 3.63) is 23.7 Å². The average Bonchev–Trinajstić information content (AvgIpc) is 2.65. The zero-order valence-corrected chi connectivity index (χ0v) is 9.99. The number of furan rings is 1. The van der Waals surface area contributed by atoms with Crippen molar-refractivity contribution in [2.24, 2.45) is 11.8 Å². The van der Waals surface area contributed by atoms with Gasteiger partial charge in [0, 0.05) is 0 Å². The van der Waals surface area contributed by atoms with Crippen LogP contribution in [0.1, 0.15) is 36.9 Å². The number of carboxylic acid groups (broad SMARTS) is 1. The van der Waals surface area contributed by atoms with Crippen LogP contribution in [0.25, 0.3) is 0 Å². The highest BCUT2D eigenvalue weighted by Crippen LogP contribution is 2.11. The first-order valence-corrected chi connectivity index (χ1v) is 5.52. The minimum atomic E-state index is -0.942. The van der Waals surface area contributed by atoms with Crippen LogP contribution in [-0.4, -0.2) is 17.6 Å². The predicted octanol–water partition coefficient (Wildman–Crippen LogP) is 2.36. The molecule has 0 spiro atoms. The molecule has 1 atom stereocenters. The third-order valence-electron chi connectivity index (χ3n) is 2.87. The molecule has 0 aliphatic carbocycles. The highest BCUT2D eigenvalue weighted by Gasteiger charge is 2.13. The van der Waals surface area contributed by atoms with Crippen molar-refractivity contribution < 1.29 is 14.3 Å². The van der Waals surface area contributed by atoms with Crippen molar-refractivity contribution in [1.82, 2.24) is 5.32 Å². The van der Waals surface area contributed by atoms with Crippen molar-refractivity contribution in [3.63, 3.8) is 0 Å². The van der Waals surface area contributed by atoms with E-state index in [-0.39, 0.29) is 5.56 Å². The molecule has 2 N–H and O–H groups in total. The number of nitrogens with one attached hydrogen (secondary N) is 1. The summed E-state index contributed by atoms with van der Waals surface area (Å²) in [5.74, 6) is 0.720. The molecular formula is C12H19NO3. The van der Waals surface area contributed by atoms with Crippen LogP contribution in [0.3, 0.4) is 0 Å². The van der Waals surface area contributed by atoms with Gasteiger partial charge in [-0.15, -0.1) is 0 Å². The maximum atomic E-state index is 10.8. The second-order valence-electron chi connectivity index (χ2n) is 4.41. The molecule has 4 heteroatoms. The smallest absolute Gasteiger partial charge is 0.339 e. The van der Waals surface area contributed by atoms with Gasteiger partial charge in [-0.25, -0.2) is 4.79 Å². The summed E-state index contributed by atoms with van der Waals surface area (Å²) in [4.78, 5) is 10.8. The van der Waals surface area contributed by atoms with Gasteiger partial charge in [-0.3, -0.25) is 0 Å². The standard InChI is InChI=1S/C12H19NO3/c1-8(2)9(3)6-13-7-11-10(12(14)15)4-5-16-11/h4-5,8-9,13H,6-7H2,1-3H3,(H,14,15). The minimum Gasteiger partial charge on any atom is -0.478 e. The summed E-state index contributed by atoms with van der Waals surface area (Å²) < 4.78 is 5.12. The van der Waals surface area contributed by atoms with Gasteiger partial charge in [-0.2, -0.15) is 0 Å². The van der Waals surface area contributed by atoms with E-state index in [1.807, 2.05) is 0 Å². The lowest BCUT2D eigenvalue weighted by atomic mass is 9.98. The Morgan fingerprint density at radius 3 is 2.75 bits per heavy atom. The van der Waals surface area contributed by atoms with Gasteiger partial charge in [-0.1, -0.05) is 20.8 Å². The number of carbonyl (C=O) groups is 1. The lowest BCUT2D eigenvalue weighted by Crippen LogP contribution is -2.24. The quantitative estimate of drug-likeness (QED) is 0.780. The third kappa shape index (κ3) is 3.38. The lowest BCUT2D eigenvalue weighted by Gasteiger charge is -2.15. The van der Waals surface area contributed by atoms with E-state index in [2.05, 4.69) is 26.1 Å². The summed E-state index contributed by atoms with van der Waals surface area (Å²) in [5, 5.41) is 12.1. The Kier molecular flexibility index (Phi) is 4.55. The summed E-state index contributed by atoms with van der Waals surface area (Å²) in [7, 11) is 0. The Hall–Kier alpha value is -1.29. The fourth-order valence-electron chi connectivity index (χ4n) is 1.32. The molecule has 4 nitrogen and oxygen atoms in total. The fraction of sp³-hybridized carbons (Fsp3) is 0.583. The Balaban J connectivity index is 2.43. The molecule has 0 aromatic carbocycles. The summed E-state index contributed by atoms with van der Waals surface area (Å²) in [6, 6.07) is 1.48. The van der Waals surface area contributed by atoms with Crippen molar-refractivity contribution in [2.45, 2.75) is 27.3 Å². The van der Waals surface area contributed by atoms with Gasteiger partial charge in [0.15, 0.2) is 0 Å². The Morgan fingerprint density at radius 1 is 1.50 bits per heavy atom. The molecule has 1 heterocycles. The second-order valence-corrected chi connectivity index (χ2v) is 4.41. The van der Waals surface area contributed by atoms with Crippen LogP contribution in [0.4, 0.5) is 0 Å². The number of hydrogen-bond acceptors (Lipinski definition) is 3. The van der Waals surface area contributed by atoms with Crippen molar-refractivity contribution >= 4 is 5.97 Å². The van der Waals surface area contributed by atoms with Gasteiger partial charge in [-0.05, 0) is 24.4 Å². The maximum absolute atomic E-state index is 10.8. The summed E-state index contributed by atoms with van der Waals surface area (Å²) in [6.45, 7) is 7.82. The first-order chi connectivity index (χ1) is 7.52. The largest absolute Gasteiger partial charge is 0.478 e. The number of hydrogen-bond donors (Lipinski definition) is 2. The molecule has 0 amide bonds. The monoisotopic (exact) mass is 225 g/mol. The average molecular weight is 225 g/mol. The molecule has 90 valence electrons. The van der Waals surface area contributed by atoms with Crippen LogP contribution in [0.15, 0.2) is 16.7 Å². The van der Waals surface area contributed by atoms with E-state index < -0.39 is 5.97 Å².